The summed E-state index contributed by atoms with van der Waals surface area (Å²) in [7, 11) is -3.08. The predicted molar refractivity (Wildman–Crippen MR) is 140 cm³/mol. The van der Waals surface area contributed by atoms with Crippen LogP contribution in [0.5, 0.6) is 5.75 Å². The van der Waals surface area contributed by atoms with Crippen LogP contribution in [-0.4, -0.2) is 45.6 Å². The lowest BCUT2D eigenvalue weighted by Gasteiger charge is -2.19. The Labute approximate surface area is 220 Å². The zero-order chi connectivity index (χ0) is 26.7. The highest BCUT2D eigenvalue weighted by atomic mass is 35.5. The Balaban J connectivity index is 1.78. The number of carbonyl (C=O) groups is 1. The Kier molecular flexibility index (Phi) is 8.04. The molecule has 1 N–H and O–H groups in total. The summed E-state index contributed by atoms with van der Waals surface area (Å²) in [5, 5.41) is -0.0809. The number of alkyl halides is 1. The Morgan fingerprint density at radius 1 is 1.19 bits per heavy atom. The smallest absolute Gasteiger partial charge is 0.265 e. The van der Waals surface area contributed by atoms with Gasteiger partial charge in [-0.1, -0.05) is 55.3 Å². The molecule has 3 aromatic carbocycles. The number of aryl methyl sites for hydroxylation is 1. The molecule has 0 radical (unpaired) electrons. The van der Waals surface area contributed by atoms with E-state index in [9.17, 15) is 17.6 Å². The summed E-state index contributed by atoms with van der Waals surface area (Å²) >= 11 is 6.32. The number of amides is 1. The quantitative estimate of drug-likeness (QED) is 0.369. The third kappa shape index (κ3) is 5.72. The maximum Gasteiger partial charge on any atom is 0.265 e. The summed E-state index contributed by atoms with van der Waals surface area (Å²) in [4.78, 5) is 13.9. The van der Waals surface area contributed by atoms with Crippen LogP contribution in [0, 0.1) is 5.82 Å². The van der Waals surface area contributed by atoms with E-state index in [0.29, 0.717) is 24.0 Å². The number of hydrogen-bond acceptors (Lipinski definition) is 4. The first kappa shape index (κ1) is 26.9. The molecule has 37 heavy (non-hydrogen) atoms. The van der Waals surface area contributed by atoms with E-state index in [1.807, 2.05) is 6.92 Å². The molecule has 196 valence electrons. The van der Waals surface area contributed by atoms with Gasteiger partial charge in [-0.2, -0.15) is 0 Å². The first-order chi connectivity index (χ1) is 17.6. The molecular weight excluding hydrogens is 522 g/mol. The molecule has 0 unspecified atom stereocenters. The van der Waals surface area contributed by atoms with E-state index in [1.54, 1.807) is 30.3 Å². The summed E-state index contributed by atoms with van der Waals surface area (Å²) in [6.07, 6.45) is 0.177. The van der Waals surface area contributed by atoms with Crippen LogP contribution >= 0.6 is 11.6 Å². The van der Waals surface area contributed by atoms with Crippen LogP contribution in [0.2, 0.25) is 5.02 Å². The van der Waals surface area contributed by atoms with Gasteiger partial charge in [-0.25, -0.2) is 17.2 Å². The normalized spacial score (nSPS) is 15.6. The van der Waals surface area contributed by atoms with Crippen LogP contribution in [0.1, 0.15) is 35.7 Å². The highest BCUT2D eigenvalue weighted by Crippen LogP contribution is 2.37. The van der Waals surface area contributed by atoms with Crippen molar-refractivity contribution in [2.45, 2.75) is 37.3 Å². The van der Waals surface area contributed by atoms with Crippen LogP contribution in [0.15, 0.2) is 59.5 Å². The van der Waals surface area contributed by atoms with Crippen molar-refractivity contribution in [2.75, 3.05) is 24.9 Å². The van der Waals surface area contributed by atoms with Crippen LogP contribution in [0.4, 0.5) is 14.5 Å². The third-order valence-electron chi connectivity index (χ3n) is 6.21. The van der Waals surface area contributed by atoms with Crippen molar-refractivity contribution in [2.24, 2.45) is 0 Å². The highest BCUT2D eigenvalue weighted by Gasteiger charge is 2.30. The lowest BCUT2D eigenvalue weighted by molar-refractivity contribution is 0.0782. The Bertz CT molecular complexity index is 1420. The van der Waals surface area contributed by atoms with Gasteiger partial charge >= 0.3 is 0 Å². The van der Waals surface area contributed by atoms with Crippen molar-refractivity contribution in [3.05, 3.63) is 76.6 Å². The van der Waals surface area contributed by atoms with Crippen molar-refractivity contribution in [1.29, 1.82) is 0 Å². The topological polar surface area (TPSA) is 75.7 Å². The van der Waals surface area contributed by atoms with Crippen molar-refractivity contribution in [3.63, 3.8) is 0 Å². The number of halogens is 3. The van der Waals surface area contributed by atoms with E-state index in [2.05, 4.69) is 4.72 Å². The fraction of sp³-hybridized carbons (Fsp3) is 0.296. The molecule has 1 saturated heterocycles. The largest absolute Gasteiger partial charge is 0.494 e. The summed E-state index contributed by atoms with van der Waals surface area (Å²) < 4.78 is 63.8. The molecule has 0 saturated carbocycles. The standard InChI is InChI=1S/C27H27ClF2N2O4S/c1-3-7-18-13-23(30)21(17-8-5-4-6-9-17)15-24(18)31-37(34,35)25-14-19(12-22(28)26(25)36-2)27(33)32-11-10-20(29)16-32/h4-6,8-9,12-15,20,31H,3,7,10-11,16H2,1-2H3/t20-/m1/s1. The molecule has 0 spiro atoms. The van der Waals surface area contributed by atoms with Gasteiger partial charge < -0.3 is 9.64 Å². The van der Waals surface area contributed by atoms with Gasteiger partial charge in [0.05, 0.1) is 24.4 Å². The first-order valence-corrected chi connectivity index (χ1v) is 13.7. The average molecular weight is 549 g/mol. The number of nitrogens with zero attached hydrogens (tertiary/aromatic N) is 1. The Morgan fingerprint density at radius 3 is 2.54 bits per heavy atom. The first-order valence-electron chi connectivity index (χ1n) is 11.9. The van der Waals surface area contributed by atoms with E-state index in [0.717, 1.165) is 0 Å². The minimum absolute atomic E-state index is 0.00172. The molecule has 10 heteroatoms. The number of ether oxygens (including phenoxy) is 1. The summed E-state index contributed by atoms with van der Waals surface area (Å²) in [5.74, 6) is -1.14. The second-order valence-electron chi connectivity index (χ2n) is 8.84. The van der Waals surface area contributed by atoms with E-state index in [4.69, 9.17) is 16.3 Å². The van der Waals surface area contributed by atoms with Gasteiger partial charge in [0.15, 0.2) is 5.75 Å². The summed E-state index contributed by atoms with van der Waals surface area (Å²) in [6.45, 7) is 2.06. The SMILES string of the molecule is CCCc1cc(F)c(-c2ccccc2)cc1NS(=O)(=O)c1cc(C(=O)N2CC[C@@H](F)C2)cc(Cl)c1OC. The molecule has 6 nitrogen and oxygen atoms in total. The van der Waals surface area contributed by atoms with Gasteiger partial charge in [-0.3, -0.25) is 9.52 Å². The molecule has 1 atom stereocenters. The lowest BCUT2D eigenvalue weighted by atomic mass is 10.00. The number of likely N-dealkylation sites (tertiary alicyclic amines) is 1. The third-order valence-corrected chi connectivity index (χ3v) is 7.86. The zero-order valence-electron chi connectivity index (χ0n) is 20.4. The number of methoxy groups -OCH3 is 1. The number of sulfonamides is 1. The monoisotopic (exact) mass is 548 g/mol. The number of anilines is 1. The highest BCUT2D eigenvalue weighted by molar-refractivity contribution is 7.92. The van der Waals surface area contributed by atoms with Gasteiger partial charge in [0.1, 0.15) is 16.9 Å². The minimum Gasteiger partial charge on any atom is -0.494 e. The minimum atomic E-state index is -4.35. The maximum absolute atomic E-state index is 15.0. The van der Waals surface area contributed by atoms with E-state index >= 15 is 4.39 Å². The number of rotatable bonds is 8. The van der Waals surface area contributed by atoms with E-state index in [-0.39, 0.29) is 52.0 Å². The molecule has 1 heterocycles. The van der Waals surface area contributed by atoms with Crippen molar-refractivity contribution in [3.8, 4) is 16.9 Å². The molecule has 1 aliphatic rings. The van der Waals surface area contributed by atoms with E-state index in [1.165, 1.54) is 36.3 Å². The van der Waals surface area contributed by atoms with Crippen LogP contribution in [0.25, 0.3) is 11.1 Å². The molecule has 1 fully saturated rings. The fourth-order valence-electron chi connectivity index (χ4n) is 4.40. The molecule has 0 aromatic heterocycles. The Hall–Kier alpha value is -3.17. The average Bonchev–Trinajstić information content (AvgIpc) is 3.31. The number of carbonyl (C=O) groups excluding carboxylic acids is 1. The van der Waals surface area contributed by atoms with Crippen LogP contribution in [0.3, 0.4) is 0 Å². The lowest BCUT2D eigenvalue weighted by Crippen LogP contribution is -2.29. The number of benzene rings is 3. The zero-order valence-corrected chi connectivity index (χ0v) is 22.0. The van der Waals surface area contributed by atoms with Gasteiger partial charge in [0.2, 0.25) is 0 Å². The number of nitrogens with one attached hydrogen (secondary N) is 1. The molecule has 1 amide bonds. The molecular formula is C27H27ClF2N2O4S. The van der Waals surface area contributed by atoms with Crippen molar-refractivity contribution in [1.82, 2.24) is 4.90 Å². The van der Waals surface area contributed by atoms with E-state index < -0.39 is 27.9 Å². The molecule has 0 bridgehead atoms. The van der Waals surface area contributed by atoms with Gasteiger partial charge in [-0.15, -0.1) is 0 Å². The number of hydrogen-bond donors (Lipinski definition) is 1. The van der Waals surface area contributed by atoms with Crippen LogP contribution < -0.4 is 9.46 Å². The van der Waals surface area contributed by atoms with Gasteiger partial charge in [-0.05, 0) is 48.2 Å². The van der Waals surface area contributed by atoms with Crippen molar-refractivity contribution < 1.29 is 26.7 Å². The van der Waals surface area contributed by atoms with Crippen molar-refractivity contribution >= 4 is 33.2 Å². The second-order valence-corrected chi connectivity index (χ2v) is 10.9. The maximum atomic E-state index is 15.0. The Morgan fingerprint density at radius 2 is 1.92 bits per heavy atom. The summed E-state index contributed by atoms with van der Waals surface area (Å²) in [6, 6.07) is 14.1. The summed E-state index contributed by atoms with van der Waals surface area (Å²) in [5.41, 5.74) is 1.51. The predicted octanol–water partition coefficient (Wildman–Crippen LogP) is 6.09. The van der Waals surface area contributed by atoms with Gasteiger partial charge in [0, 0.05) is 17.7 Å². The molecule has 3 aromatic rings. The van der Waals surface area contributed by atoms with Crippen LogP contribution in [-0.2, 0) is 16.4 Å². The molecule has 4 rings (SSSR count). The second kappa shape index (κ2) is 11.1. The molecule has 0 aliphatic carbocycles. The molecule has 1 aliphatic heterocycles. The fourth-order valence-corrected chi connectivity index (χ4v) is 6.06. The van der Waals surface area contributed by atoms with Gasteiger partial charge in [0.25, 0.3) is 15.9 Å².